The Morgan fingerprint density at radius 3 is 2.91 bits per heavy atom. The zero-order valence-electron chi connectivity index (χ0n) is 11.9. The Morgan fingerprint density at radius 2 is 2.14 bits per heavy atom. The largest absolute Gasteiger partial charge is 0.472 e. The number of carbonyl (C=O) groups is 1. The molecule has 110 valence electrons. The van der Waals surface area contributed by atoms with Crippen molar-refractivity contribution in [1.82, 2.24) is 14.9 Å². The fraction of sp³-hybridized carbons (Fsp3) is 0.176. The van der Waals surface area contributed by atoms with Gasteiger partial charge in [0, 0.05) is 18.7 Å². The first-order valence-corrected chi connectivity index (χ1v) is 7.25. The van der Waals surface area contributed by atoms with Gasteiger partial charge in [0.05, 0.1) is 23.8 Å². The van der Waals surface area contributed by atoms with E-state index in [0.29, 0.717) is 12.1 Å². The van der Waals surface area contributed by atoms with Crippen molar-refractivity contribution in [3.8, 4) is 0 Å². The highest BCUT2D eigenvalue weighted by Crippen LogP contribution is 2.34. The highest BCUT2D eigenvalue weighted by atomic mass is 16.3. The van der Waals surface area contributed by atoms with Gasteiger partial charge in [-0.1, -0.05) is 30.3 Å². The quantitative estimate of drug-likeness (QED) is 0.790. The first-order chi connectivity index (χ1) is 10.8. The van der Waals surface area contributed by atoms with E-state index in [1.807, 2.05) is 35.2 Å². The SMILES string of the molecule is O=C(c1ccoc1)N1CCc2[nH]cnc2C1c1ccccc1. The number of amides is 1. The van der Waals surface area contributed by atoms with Crippen LogP contribution in [0.15, 0.2) is 59.7 Å². The van der Waals surface area contributed by atoms with Crippen molar-refractivity contribution in [2.24, 2.45) is 0 Å². The summed E-state index contributed by atoms with van der Waals surface area (Å²) in [7, 11) is 0. The number of H-pyrrole nitrogens is 1. The van der Waals surface area contributed by atoms with Crippen LogP contribution in [0.25, 0.3) is 0 Å². The average Bonchev–Trinajstić information content (AvgIpc) is 3.25. The van der Waals surface area contributed by atoms with Crippen LogP contribution in [0.4, 0.5) is 0 Å². The van der Waals surface area contributed by atoms with Gasteiger partial charge in [0.15, 0.2) is 0 Å². The molecule has 0 bridgehead atoms. The van der Waals surface area contributed by atoms with Crippen LogP contribution in [-0.4, -0.2) is 27.3 Å². The number of hydrogen-bond donors (Lipinski definition) is 1. The van der Waals surface area contributed by atoms with Gasteiger partial charge in [0.1, 0.15) is 12.3 Å². The van der Waals surface area contributed by atoms with Crippen LogP contribution < -0.4 is 0 Å². The monoisotopic (exact) mass is 293 g/mol. The highest BCUT2D eigenvalue weighted by molar-refractivity contribution is 5.94. The maximum atomic E-state index is 12.8. The summed E-state index contributed by atoms with van der Waals surface area (Å²) >= 11 is 0. The summed E-state index contributed by atoms with van der Waals surface area (Å²) in [5.74, 6) is -0.0312. The number of nitrogens with one attached hydrogen (secondary N) is 1. The normalized spacial score (nSPS) is 17.3. The smallest absolute Gasteiger partial charge is 0.257 e. The molecule has 0 aliphatic carbocycles. The van der Waals surface area contributed by atoms with E-state index in [1.54, 1.807) is 12.4 Å². The molecule has 4 rings (SSSR count). The minimum atomic E-state index is -0.168. The molecule has 0 spiro atoms. The van der Waals surface area contributed by atoms with E-state index in [9.17, 15) is 4.79 Å². The number of rotatable bonds is 2. The first-order valence-electron chi connectivity index (χ1n) is 7.25. The maximum absolute atomic E-state index is 12.8. The Bertz CT molecular complexity index is 777. The molecule has 1 N–H and O–H groups in total. The number of hydrogen-bond acceptors (Lipinski definition) is 3. The minimum absolute atomic E-state index is 0.0312. The van der Waals surface area contributed by atoms with Crippen LogP contribution in [0.5, 0.6) is 0 Å². The lowest BCUT2D eigenvalue weighted by molar-refractivity contribution is 0.0690. The molecular weight excluding hydrogens is 278 g/mol. The zero-order chi connectivity index (χ0) is 14.9. The fourth-order valence-electron chi connectivity index (χ4n) is 3.02. The molecule has 2 aromatic heterocycles. The molecule has 1 amide bonds. The molecule has 3 aromatic rings. The molecule has 1 aliphatic heterocycles. The summed E-state index contributed by atoms with van der Waals surface area (Å²) in [6.07, 6.45) is 5.49. The molecule has 1 aliphatic rings. The lowest BCUT2D eigenvalue weighted by Gasteiger charge is -2.35. The van der Waals surface area contributed by atoms with Crippen molar-refractivity contribution in [3.05, 3.63) is 77.8 Å². The number of aromatic nitrogens is 2. The summed E-state index contributed by atoms with van der Waals surface area (Å²) in [4.78, 5) is 22.3. The van der Waals surface area contributed by atoms with E-state index < -0.39 is 0 Å². The Balaban J connectivity index is 1.79. The summed E-state index contributed by atoms with van der Waals surface area (Å²) in [5.41, 5.74) is 3.66. The third kappa shape index (κ3) is 2.02. The van der Waals surface area contributed by atoms with Gasteiger partial charge in [-0.3, -0.25) is 4.79 Å². The number of benzene rings is 1. The van der Waals surface area contributed by atoms with Crippen LogP contribution in [0.3, 0.4) is 0 Å². The van der Waals surface area contributed by atoms with E-state index in [4.69, 9.17) is 4.42 Å². The van der Waals surface area contributed by atoms with Gasteiger partial charge in [0.25, 0.3) is 5.91 Å². The van der Waals surface area contributed by atoms with Crippen molar-refractivity contribution in [1.29, 1.82) is 0 Å². The highest BCUT2D eigenvalue weighted by Gasteiger charge is 2.34. The van der Waals surface area contributed by atoms with Gasteiger partial charge in [-0.15, -0.1) is 0 Å². The second kappa shape index (κ2) is 5.18. The second-order valence-electron chi connectivity index (χ2n) is 5.34. The van der Waals surface area contributed by atoms with E-state index in [2.05, 4.69) is 9.97 Å². The van der Waals surface area contributed by atoms with Crippen LogP contribution in [0, 0.1) is 0 Å². The van der Waals surface area contributed by atoms with Gasteiger partial charge in [-0.05, 0) is 11.6 Å². The van der Waals surface area contributed by atoms with Gasteiger partial charge in [-0.2, -0.15) is 0 Å². The Morgan fingerprint density at radius 1 is 1.27 bits per heavy atom. The van der Waals surface area contributed by atoms with Crippen molar-refractivity contribution >= 4 is 5.91 Å². The van der Waals surface area contributed by atoms with Gasteiger partial charge in [-0.25, -0.2) is 4.98 Å². The fourth-order valence-corrected chi connectivity index (χ4v) is 3.02. The molecule has 5 heteroatoms. The molecule has 5 nitrogen and oxygen atoms in total. The zero-order valence-corrected chi connectivity index (χ0v) is 11.9. The standard InChI is InChI=1S/C17H15N3O2/c21-17(13-7-9-22-10-13)20-8-6-14-15(19-11-18-14)16(20)12-4-2-1-3-5-12/h1-5,7,9-11,16H,6,8H2,(H,18,19). The average molecular weight is 293 g/mol. The molecular formula is C17H15N3O2. The van der Waals surface area contributed by atoms with E-state index >= 15 is 0 Å². The number of imidazole rings is 1. The Hall–Kier alpha value is -2.82. The first kappa shape index (κ1) is 12.9. The third-order valence-corrected chi connectivity index (χ3v) is 4.07. The second-order valence-corrected chi connectivity index (χ2v) is 5.34. The van der Waals surface area contributed by atoms with Gasteiger partial charge >= 0.3 is 0 Å². The van der Waals surface area contributed by atoms with Gasteiger partial charge in [0.2, 0.25) is 0 Å². The summed E-state index contributed by atoms with van der Waals surface area (Å²) in [6.45, 7) is 0.652. The van der Waals surface area contributed by atoms with Crippen LogP contribution >= 0.6 is 0 Å². The maximum Gasteiger partial charge on any atom is 0.257 e. The molecule has 0 radical (unpaired) electrons. The van der Waals surface area contributed by atoms with E-state index in [0.717, 1.165) is 23.4 Å². The van der Waals surface area contributed by atoms with Crippen LogP contribution in [0.1, 0.15) is 33.4 Å². The molecule has 22 heavy (non-hydrogen) atoms. The predicted molar refractivity (Wildman–Crippen MR) is 80.3 cm³/mol. The van der Waals surface area contributed by atoms with Crippen LogP contribution in [0.2, 0.25) is 0 Å². The minimum Gasteiger partial charge on any atom is -0.472 e. The van der Waals surface area contributed by atoms with Crippen molar-refractivity contribution in [2.45, 2.75) is 12.5 Å². The molecule has 0 saturated carbocycles. The number of carbonyl (C=O) groups excluding carboxylic acids is 1. The molecule has 1 atom stereocenters. The third-order valence-electron chi connectivity index (χ3n) is 4.07. The van der Waals surface area contributed by atoms with Crippen molar-refractivity contribution in [2.75, 3.05) is 6.54 Å². The van der Waals surface area contributed by atoms with E-state index in [-0.39, 0.29) is 11.9 Å². The van der Waals surface area contributed by atoms with Gasteiger partial charge < -0.3 is 14.3 Å². The van der Waals surface area contributed by atoms with Crippen molar-refractivity contribution in [3.63, 3.8) is 0 Å². The molecule has 1 unspecified atom stereocenters. The van der Waals surface area contributed by atoms with Crippen LogP contribution in [-0.2, 0) is 6.42 Å². The predicted octanol–water partition coefficient (Wildman–Crippen LogP) is 2.79. The Labute approximate surface area is 127 Å². The summed E-state index contributed by atoms with van der Waals surface area (Å²) in [6, 6.07) is 11.5. The number of nitrogens with zero attached hydrogens (tertiary/aromatic N) is 2. The molecule has 1 aromatic carbocycles. The number of furan rings is 1. The van der Waals surface area contributed by atoms with Crippen molar-refractivity contribution < 1.29 is 9.21 Å². The lowest BCUT2D eigenvalue weighted by Crippen LogP contribution is -2.40. The summed E-state index contributed by atoms with van der Waals surface area (Å²) < 4.78 is 5.05. The molecule has 3 heterocycles. The summed E-state index contributed by atoms with van der Waals surface area (Å²) in [5, 5.41) is 0. The number of aromatic amines is 1. The molecule has 0 fully saturated rings. The van der Waals surface area contributed by atoms with E-state index in [1.165, 1.54) is 12.5 Å². The molecule has 0 saturated heterocycles. The lowest BCUT2D eigenvalue weighted by atomic mass is 9.95. The number of fused-ring (bicyclic) bond motifs is 1. The topological polar surface area (TPSA) is 62.1 Å². The Kier molecular flexibility index (Phi) is 3.04.